The molecule has 0 aliphatic heterocycles. The van der Waals surface area contributed by atoms with Gasteiger partial charge in [-0.25, -0.2) is 4.39 Å². The number of nitro benzene ring substituents is 1. The third-order valence-electron chi connectivity index (χ3n) is 2.73. The number of thiocarbonyl (C=S) groups is 1. The molecule has 9 heteroatoms. The summed E-state index contributed by atoms with van der Waals surface area (Å²) < 4.78 is 12.8. The van der Waals surface area contributed by atoms with Crippen molar-refractivity contribution in [3.05, 3.63) is 70.0 Å². The Morgan fingerprint density at radius 2 is 1.65 bits per heavy atom. The lowest BCUT2D eigenvalue weighted by molar-refractivity contribution is -0.384. The van der Waals surface area contributed by atoms with E-state index in [9.17, 15) is 19.3 Å². The van der Waals surface area contributed by atoms with Crippen LogP contribution >= 0.6 is 12.2 Å². The number of halogens is 1. The zero-order valence-electron chi connectivity index (χ0n) is 11.6. The average molecular weight is 334 g/mol. The number of non-ortho nitro benzene ring substituents is 1. The van der Waals surface area contributed by atoms with Crippen LogP contribution in [-0.2, 0) is 0 Å². The number of carbonyl (C=O) groups excluding carboxylic acids is 1. The number of rotatable bonds is 3. The van der Waals surface area contributed by atoms with Gasteiger partial charge in [-0.3, -0.25) is 25.8 Å². The zero-order chi connectivity index (χ0) is 16.8. The summed E-state index contributed by atoms with van der Waals surface area (Å²) in [6.07, 6.45) is 0. The van der Waals surface area contributed by atoms with Crippen molar-refractivity contribution in [3.63, 3.8) is 0 Å². The number of amides is 1. The molecule has 0 saturated heterocycles. The highest BCUT2D eigenvalue weighted by molar-refractivity contribution is 7.80. The predicted octanol–water partition coefficient (Wildman–Crippen LogP) is 2.37. The lowest BCUT2D eigenvalue weighted by Crippen LogP contribution is -2.43. The first-order chi connectivity index (χ1) is 11.0. The molecule has 7 nitrogen and oxygen atoms in total. The van der Waals surface area contributed by atoms with Crippen molar-refractivity contribution >= 4 is 34.6 Å². The maximum absolute atomic E-state index is 12.8. The molecule has 0 bridgehead atoms. The molecule has 0 fully saturated rings. The van der Waals surface area contributed by atoms with Gasteiger partial charge in [-0.15, -0.1) is 0 Å². The van der Waals surface area contributed by atoms with E-state index in [-0.39, 0.29) is 16.4 Å². The van der Waals surface area contributed by atoms with Gasteiger partial charge in [0.25, 0.3) is 11.6 Å². The molecule has 0 radical (unpaired) electrons. The molecule has 0 spiro atoms. The topological polar surface area (TPSA) is 96.3 Å². The number of anilines is 1. The van der Waals surface area contributed by atoms with Gasteiger partial charge in [-0.2, -0.15) is 0 Å². The van der Waals surface area contributed by atoms with Crippen molar-refractivity contribution < 1.29 is 14.1 Å². The van der Waals surface area contributed by atoms with Gasteiger partial charge in [0.2, 0.25) is 0 Å². The Bertz CT molecular complexity index is 735. The quantitative estimate of drug-likeness (QED) is 0.453. The maximum atomic E-state index is 12.8. The van der Waals surface area contributed by atoms with E-state index in [1.54, 1.807) is 0 Å². The van der Waals surface area contributed by atoms with E-state index in [1.807, 2.05) is 0 Å². The molecule has 3 N–H and O–H groups in total. The van der Waals surface area contributed by atoms with Crippen LogP contribution in [-0.4, -0.2) is 15.9 Å². The Morgan fingerprint density at radius 1 is 1.04 bits per heavy atom. The minimum atomic E-state index is -0.511. The van der Waals surface area contributed by atoms with E-state index in [4.69, 9.17) is 12.2 Å². The first-order valence-electron chi connectivity index (χ1n) is 6.33. The third kappa shape index (κ3) is 4.71. The van der Waals surface area contributed by atoms with Gasteiger partial charge in [0, 0.05) is 23.4 Å². The summed E-state index contributed by atoms with van der Waals surface area (Å²) in [6.45, 7) is 0. The fourth-order valence-electron chi connectivity index (χ4n) is 1.62. The highest BCUT2D eigenvalue weighted by atomic mass is 32.1. The van der Waals surface area contributed by atoms with Crippen LogP contribution in [0, 0.1) is 15.9 Å². The molecule has 0 unspecified atom stereocenters. The zero-order valence-corrected chi connectivity index (χ0v) is 12.4. The second kappa shape index (κ2) is 7.27. The molecule has 0 saturated carbocycles. The van der Waals surface area contributed by atoms with Gasteiger partial charge in [-0.05, 0) is 48.6 Å². The summed E-state index contributed by atoms with van der Waals surface area (Å²) >= 11 is 4.98. The van der Waals surface area contributed by atoms with Gasteiger partial charge in [0.15, 0.2) is 5.11 Å². The number of nitro groups is 1. The van der Waals surface area contributed by atoms with Crippen molar-refractivity contribution in [3.8, 4) is 0 Å². The molecule has 0 aromatic heterocycles. The Balaban J connectivity index is 1.86. The van der Waals surface area contributed by atoms with Crippen molar-refractivity contribution in [2.75, 3.05) is 5.32 Å². The van der Waals surface area contributed by atoms with Crippen molar-refractivity contribution in [2.45, 2.75) is 0 Å². The van der Waals surface area contributed by atoms with E-state index in [1.165, 1.54) is 48.5 Å². The fourth-order valence-corrected chi connectivity index (χ4v) is 1.78. The van der Waals surface area contributed by atoms with Crippen LogP contribution in [0.25, 0.3) is 0 Å². The summed E-state index contributed by atoms with van der Waals surface area (Å²) in [5.41, 5.74) is 5.56. The van der Waals surface area contributed by atoms with Crippen molar-refractivity contribution in [1.82, 2.24) is 10.9 Å². The fraction of sp³-hybridized carbons (Fsp3) is 0. The predicted molar refractivity (Wildman–Crippen MR) is 86.3 cm³/mol. The van der Waals surface area contributed by atoms with Gasteiger partial charge in [0.05, 0.1) is 4.92 Å². The molecule has 0 heterocycles. The lowest BCUT2D eigenvalue weighted by atomic mass is 10.2. The van der Waals surface area contributed by atoms with Gasteiger partial charge >= 0.3 is 0 Å². The summed E-state index contributed by atoms with van der Waals surface area (Å²) in [6, 6.07) is 10.6. The van der Waals surface area contributed by atoms with E-state index < -0.39 is 16.6 Å². The highest BCUT2D eigenvalue weighted by Gasteiger charge is 2.07. The first kappa shape index (κ1) is 16.3. The number of carbonyl (C=O) groups is 1. The maximum Gasteiger partial charge on any atom is 0.269 e. The van der Waals surface area contributed by atoms with Crippen LogP contribution < -0.4 is 16.2 Å². The van der Waals surface area contributed by atoms with E-state index in [0.717, 1.165) is 0 Å². The minimum Gasteiger partial charge on any atom is -0.331 e. The Morgan fingerprint density at radius 3 is 2.22 bits per heavy atom. The van der Waals surface area contributed by atoms with Crippen LogP contribution in [0.5, 0.6) is 0 Å². The monoisotopic (exact) mass is 334 g/mol. The normalized spacial score (nSPS) is 9.78. The molecule has 2 rings (SSSR count). The number of benzene rings is 2. The molecule has 0 aliphatic carbocycles. The van der Waals surface area contributed by atoms with Crippen LogP contribution in [0.15, 0.2) is 48.5 Å². The molecular formula is C14H11FN4O3S. The summed E-state index contributed by atoms with van der Waals surface area (Å²) in [5.74, 6) is -0.928. The first-order valence-corrected chi connectivity index (χ1v) is 6.74. The van der Waals surface area contributed by atoms with E-state index in [2.05, 4.69) is 16.2 Å². The Labute approximate surface area is 135 Å². The molecule has 2 aromatic rings. The van der Waals surface area contributed by atoms with E-state index >= 15 is 0 Å². The molecule has 1 amide bonds. The van der Waals surface area contributed by atoms with Crippen molar-refractivity contribution in [2.24, 2.45) is 0 Å². The summed E-state index contributed by atoms with van der Waals surface area (Å²) in [4.78, 5) is 21.8. The largest absolute Gasteiger partial charge is 0.331 e. The van der Waals surface area contributed by atoms with Gasteiger partial charge < -0.3 is 5.32 Å². The number of hydrogen-bond acceptors (Lipinski definition) is 4. The second-order valence-corrected chi connectivity index (χ2v) is 4.75. The van der Waals surface area contributed by atoms with Crippen LogP contribution in [0.2, 0.25) is 0 Å². The standard InChI is InChI=1S/C14H11FN4O3S/c15-10-3-1-9(2-4-10)13(20)17-18-14(23)16-11-5-7-12(8-6-11)19(21)22/h1-8H,(H,17,20)(H2,16,18,23). The SMILES string of the molecule is O=C(NNC(=S)Nc1ccc([N+](=O)[O-])cc1)c1ccc(F)cc1. The van der Waals surface area contributed by atoms with Crippen molar-refractivity contribution in [1.29, 1.82) is 0 Å². The lowest BCUT2D eigenvalue weighted by Gasteiger charge is -2.11. The average Bonchev–Trinajstić information content (AvgIpc) is 2.54. The van der Waals surface area contributed by atoms with Crippen LogP contribution in [0.4, 0.5) is 15.8 Å². The smallest absolute Gasteiger partial charge is 0.269 e. The number of hydrogen-bond donors (Lipinski definition) is 3. The Hall–Kier alpha value is -3.07. The molecule has 118 valence electrons. The number of hydrazine groups is 1. The molecular weight excluding hydrogens is 323 g/mol. The molecule has 23 heavy (non-hydrogen) atoms. The Kier molecular flexibility index (Phi) is 5.15. The number of nitrogens with zero attached hydrogens (tertiary/aromatic N) is 1. The highest BCUT2D eigenvalue weighted by Crippen LogP contribution is 2.15. The molecule has 0 atom stereocenters. The molecule has 0 aliphatic rings. The van der Waals surface area contributed by atoms with Gasteiger partial charge in [-0.1, -0.05) is 0 Å². The molecule has 2 aromatic carbocycles. The third-order valence-corrected chi connectivity index (χ3v) is 2.94. The van der Waals surface area contributed by atoms with Crippen LogP contribution in [0.1, 0.15) is 10.4 Å². The summed E-state index contributed by atoms with van der Waals surface area (Å²) in [7, 11) is 0. The van der Waals surface area contributed by atoms with Crippen LogP contribution in [0.3, 0.4) is 0 Å². The minimum absolute atomic E-state index is 0.0426. The van der Waals surface area contributed by atoms with E-state index in [0.29, 0.717) is 5.69 Å². The van der Waals surface area contributed by atoms with Gasteiger partial charge in [0.1, 0.15) is 5.82 Å². The number of nitrogens with one attached hydrogen (secondary N) is 3. The summed E-state index contributed by atoms with van der Waals surface area (Å²) in [5, 5.41) is 13.4. The second-order valence-electron chi connectivity index (χ2n) is 4.34.